The minimum absolute atomic E-state index is 0.0796. The largest absolute Gasteiger partial charge is 0.477 e. The van der Waals surface area contributed by atoms with Gasteiger partial charge in [0.05, 0.1) is 0 Å². The SMILES string of the molecule is CCCc1sc(C(=O)O)cc1F. The third kappa shape index (κ3) is 1.82. The van der Waals surface area contributed by atoms with E-state index in [1.807, 2.05) is 6.92 Å². The lowest BCUT2D eigenvalue weighted by Crippen LogP contribution is -1.89. The second-order valence-corrected chi connectivity index (χ2v) is 3.57. The highest BCUT2D eigenvalue weighted by Gasteiger charge is 2.12. The summed E-state index contributed by atoms with van der Waals surface area (Å²) in [4.78, 5) is 11.0. The lowest BCUT2D eigenvalue weighted by atomic mass is 10.3. The Balaban J connectivity index is 2.92. The molecule has 0 aliphatic carbocycles. The predicted molar refractivity (Wildman–Crippen MR) is 45.2 cm³/mol. The van der Waals surface area contributed by atoms with Crippen LogP contribution in [0.4, 0.5) is 4.39 Å². The first kappa shape index (κ1) is 9.19. The number of carboxylic acid groups (broad SMARTS) is 1. The highest BCUT2D eigenvalue weighted by molar-refractivity contribution is 7.13. The molecule has 1 aromatic heterocycles. The quantitative estimate of drug-likeness (QED) is 0.791. The number of aromatic carboxylic acids is 1. The summed E-state index contributed by atoms with van der Waals surface area (Å²) < 4.78 is 12.9. The zero-order valence-corrected chi connectivity index (χ0v) is 7.45. The van der Waals surface area contributed by atoms with E-state index in [1.54, 1.807) is 0 Å². The number of carbonyl (C=O) groups is 1. The summed E-state index contributed by atoms with van der Waals surface area (Å²) in [6.07, 6.45) is 1.44. The Labute approximate surface area is 73.7 Å². The van der Waals surface area contributed by atoms with Gasteiger partial charge in [-0.05, 0) is 12.5 Å². The predicted octanol–water partition coefficient (Wildman–Crippen LogP) is 2.54. The van der Waals surface area contributed by atoms with Gasteiger partial charge >= 0.3 is 5.97 Å². The van der Waals surface area contributed by atoms with Crippen LogP contribution in [0.3, 0.4) is 0 Å². The van der Waals surface area contributed by atoms with Crippen molar-refractivity contribution in [2.45, 2.75) is 19.8 Å². The van der Waals surface area contributed by atoms with Crippen molar-refractivity contribution in [2.75, 3.05) is 0 Å². The van der Waals surface area contributed by atoms with Gasteiger partial charge < -0.3 is 5.11 Å². The lowest BCUT2D eigenvalue weighted by molar-refractivity contribution is 0.0702. The molecule has 0 aliphatic heterocycles. The Morgan fingerprint density at radius 3 is 2.83 bits per heavy atom. The van der Waals surface area contributed by atoms with E-state index in [4.69, 9.17) is 5.11 Å². The molecule has 0 radical (unpaired) electrons. The molecule has 0 saturated carbocycles. The number of rotatable bonds is 3. The van der Waals surface area contributed by atoms with Gasteiger partial charge in [-0.15, -0.1) is 11.3 Å². The summed E-state index contributed by atoms with van der Waals surface area (Å²) in [5.74, 6) is -1.44. The van der Waals surface area contributed by atoms with Gasteiger partial charge in [0.15, 0.2) is 0 Å². The van der Waals surface area contributed by atoms with Gasteiger partial charge in [0.1, 0.15) is 10.7 Å². The van der Waals surface area contributed by atoms with E-state index in [9.17, 15) is 9.18 Å². The molecule has 0 bridgehead atoms. The Kier molecular flexibility index (Phi) is 2.81. The maximum absolute atomic E-state index is 12.9. The van der Waals surface area contributed by atoms with Crippen LogP contribution in [0, 0.1) is 5.82 Å². The van der Waals surface area contributed by atoms with Crippen molar-refractivity contribution in [3.63, 3.8) is 0 Å². The van der Waals surface area contributed by atoms with Gasteiger partial charge in [-0.25, -0.2) is 9.18 Å². The molecule has 2 nitrogen and oxygen atoms in total. The normalized spacial score (nSPS) is 10.2. The average molecular weight is 188 g/mol. The van der Waals surface area contributed by atoms with Crippen molar-refractivity contribution >= 4 is 17.3 Å². The monoisotopic (exact) mass is 188 g/mol. The molecule has 1 aromatic rings. The molecule has 1 heterocycles. The van der Waals surface area contributed by atoms with Crippen LogP contribution >= 0.6 is 11.3 Å². The van der Waals surface area contributed by atoms with E-state index in [0.29, 0.717) is 11.3 Å². The zero-order chi connectivity index (χ0) is 9.14. The third-order valence-electron chi connectivity index (χ3n) is 1.45. The number of hydrogen-bond donors (Lipinski definition) is 1. The first-order valence-electron chi connectivity index (χ1n) is 3.66. The molecule has 4 heteroatoms. The van der Waals surface area contributed by atoms with Crippen molar-refractivity contribution in [2.24, 2.45) is 0 Å². The summed E-state index contributed by atoms with van der Waals surface area (Å²) in [5.41, 5.74) is 0. The fraction of sp³-hybridized carbons (Fsp3) is 0.375. The van der Waals surface area contributed by atoms with Crippen molar-refractivity contribution in [1.82, 2.24) is 0 Å². The summed E-state index contributed by atoms with van der Waals surface area (Å²) in [6.45, 7) is 1.93. The third-order valence-corrected chi connectivity index (χ3v) is 2.60. The molecule has 12 heavy (non-hydrogen) atoms. The summed E-state index contributed by atoms with van der Waals surface area (Å²) in [5, 5.41) is 8.53. The van der Waals surface area contributed by atoms with E-state index >= 15 is 0 Å². The molecule has 66 valence electrons. The highest BCUT2D eigenvalue weighted by Crippen LogP contribution is 2.22. The fourth-order valence-electron chi connectivity index (χ4n) is 0.909. The molecule has 0 aliphatic rings. The van der Waals surface area contributed by atoms with Gasteiger partial charge in [-0.3, -0.25) is 0 Å². The van der Waals surface area contributed by atoms with Gasteiger partial charge in [-0.2, -0.15) is 0 Å². The van der Waals surface area contributed by atoms with Crippen molar-refractivity contribution in [1.29, 1.82) is 0 Å². The van der Waals surface area contributed by atoms with E-state index in [1.165, 1.54) is 0 Å². The lowest BCUT2D eigenvalue weighted by Gasteiger charge is -1.89. The van der Waals surface area contributed by atoms with Crippen LogP contribution in [-0.4, -0.2) is 11.1 Å². The molecule has 0 aromatic carbocycles. The number of halogens is 1. The molecule has 0 spiro atoms. The molecular weight excluding hydrogens is 179 g/mol. The van der Waals surface area contributed by atoms with E-state index in [0.717, 1.165) is 23.8 Å². The van der Waals surface area contributed by atoms with Crippen LogP contribution < -0.4 is 0 Å². The second kappa shape index (κ2) is 3.67. The fourth-order valence-corrected chi connectivity index (χ4v) is 1.89. The second-order valence-electron chi connectivity index (χ2n) is 2.44. The van der Waals surface area contributed by atoms with Crippen LogP contribution in [0.15, 0.2) is 6.07 Å². The first-order valence-corrected chi connectivity index (χ1v) is 4.48. The van der Waals surface area contributed by atoms with Gasteiger partial charge in [-0.1, -0.05) is 13.3 Å². The maximum Gasteiger partial charge on any atom is 0.345 e. The first-order chi connectivity index (χ1) is 5.65. The molecule has 1 rings (SSSR count). The molecule has 0 fully saturated rings. The standard InChI is InChI=1S/C8H9FO2S/c1-2-3-6-5(9)4-7(12-6)8(10)11/h4H,2-3H2,1H3,(H,10,11). The summed E-state index contributed by atoms with van der Waals surface area (Å²) in [7, 11) is 0. The number of thiophene rings is 1. The van der Waals surface area contributed by atoms with Crippen LogP contribution in [0.5, 0.6) is 0 Å². The van der Waals surface area contributed by atoms with Crippen molar-refractivity contribution < 1.29 is 14.3 Å². The van der Waals surface area contributed by atoms with Gasteiger partial charge in [0.2, 0.25) is 0 Å². The number of hydrogen-bond acceptors (Lipinski definition) is 2. The van der Waals surface area contributed by atoms with E-state index in [-0.39, 0.29) is 10.7 Å². The smallest absolute Gasteiger partial charge is 0.345 e. The van der Waals surface area contributed by atoms with Crippen LogP contribution in [-0.2, 0) is 6.42 Å². The van der Waals surface area contributed by atoms with Crippen LogP contribution in [0.25, 0.3) is 0 Å². The molecule has 0 unspecified atom stereocenters. The van der Waals surface area contributed by atoms with Crippen LogP contribution in [0.1, 0.15) is 27.9 Å². The van der Waals surface area contributed by atoms with Crippen molar-refractivity contribution in [3.05, 3.63) is 21.6 Å². The Bertz CT molecular complexity index is 293. The molecular formula is C8H9FO2S. The van der Waals surface area contributed by atoms with E-state index < -0.39 is 5.97 Å². The Morgan fingerprint density at radius 1 is 1.75 bits per heavy atom. The Morgan fingerprint density at radius 2 is 2.42 bits per heavy atom. The van der Waals surface area contributed by atoms with E-state index in [2.05, 4.69) is 0 Å². The maximum atomic E-state index is 12.9. The van der Waals surface area contributed by atoms with Gasteiger partial charge in [0.25, 0.3) is 0 Å². The molecule has 0 amide bonds. The average Bonchev–Trinajstić information content (AvgIpc) is 2.34. The summed E-state index contributed by atoms with van der Waals surface area (Å²) in [6, 6.07) is 1.08. The Hall–Kier alpha value is -0.900. The number of carboxylic acids is 1. The molecule has 0 atom stereocenters. The summed E-state index contributed by atoms with van der Waals surface area (Å²) >= 11 is 1.02. The van der Waals surface area contributed by atoms with Crippen LogP contribution in [0.2, 0.25) is 0 Å². The minimum Gasteiger partial charge on any atom is -0.477 e. The zero-order valence-electron chi connectivity index (χ0n) is 6.63. The highest BCUT2D eigenvalue weighted by atomic mass is 32.1. The van der Waals surface area contributed by atoms with Crippen molar-refractivity contribution in [3.8, 4) is 0 Å². The minimum atomic E-state index is -1.05. The number of aryl methyl sites for hydroxylation is 1. The molecule has 1 N–H and O–H groups in total. The van der Waals surface area contributed by atoms with Gasteiger partial charge in [0, 0.05) is 4.88 Å². The topological polar surface area (TPSA) is 37.3 Å². The molecule has 0 saturated heterocycles.